The molecule has 2 aliphatic rings. The zero-order valence-electron chi connectivity index (χ0n) is 13.3. The lowest BCUT2D eigenvalue weighted by Crippen LogP contribution is -2.48. The van der Waals surface area contributed by atoms with Gasteiger partial charge in [-0.2, -0.15) is 0 Å². The summed E-state index contributed by atoms with van der Waals surface area (Å²) in [4.78, 5) is 28.1. The van der Waals surface area contributed by atoms with Crippen molar-refractivity contribution in [3.63, 3.8) is 0 Å². The highest BCUT2D eigenvalue weighted by Crippen LogP contribution is 2.24. The van der Waals surface area contributed by atoms with Gasteiger partial charge in [0.1, 0.15) is 0 Å². The molecule has 1 unspecified atom stereocenters. The van der Waals surface area contributed by atoms with E-state index in [4.69, 9.17) is 4.74 Å². The molecule has 2 fully saturated rings. The van der Waals surface area contributed by atoms with Crippen LogP contribution < -0.4 is 0 Å². The third-order valence-electron chi connectivity index (χ3n) is 4.75. The van der Waals surface area contributed by atoms with E-state index in [9.17, 15) is 9.59 Å². The Morgan fingerprint density at radius 1 is 1.14 bits per heavy atom. The number of ether oxygens (including phenoxy) is 1. The van der Waals surface area contributed by atoms with Crippen molar-refractivity contribution >= 4 is 11.9 Å². The lowest BCUT2D eigenvalue weighted by Gasteiger charge is -2.34. The van der Waals surface area contributed by atoms with Crippen molar-refractivity contribution in [2.24, 2.45) is 5.92 Å². The zero-order valence-corrected chi connectivity index (χ0v) is 13.3. The Morgan fingerprint density at radius 2 is 1.86 bits per heavy atom. The molecule has 0 radical (unpaired) electrons. The van der Waals surface area contributed by atoms with E-state index in [1.807, 2.05) is 9.80 Å². The molecular formula is C16H28N2O3. The van der Waals surface area contributed by atoms with Crippen LogP contribution in [0.1, 0.15) is 45.4 Å². The fourth-order valence-electron chi connectivity index (χ4n) is 3.50. The molecule has 0 bridgehead atoms. The molecule has 0 aromatic carbocycles. The second-order valence-electron chi connectivity index (χ2n) is 6.51. The first-order valence-electron chi connectivity index (χ1n) is 8.18. The first-order chi connectivity index (χ1) is 10.1. The van der Waals surface area contributed by atoms with E-state index < -0.39 is 0 Å². The maximum absolute atomic E-state index is 12.5. The maximum Gasteiger partial charge on any atom is 0.319 e. The molecule has 0 aromatic heterocycles. The summed E-state index contributed by atoms with van der Waals surface area (Å²) in [5, 5.41) is 0. The number of likely N-dealkylation sites (tertiary alicyclic amines) is 1. The third-order valence-corrected chi connectivity index (χ3v) is 4.75. The van der Waals surface area contributed by atoms with E-state index in [0.29, 0.717) is 18.5 Å². The smallest absolute Gasteiger partial charge is 0.319 e. The quantitative estimate of drug-likeness (QED) is 0.724. The van der Waals surface area contributed by atoms with E-state index in [1.165, 1.54) is 26.4 Å². The van der Waals surface area contributed by atoms with Crippen LogP contribution in [0.15, 0.2) is 0 Å². The molecule has 1 saturated heterocycles. The average molecular weight is 296 g/mol. The summed E-state index contributed by atoms with van der Waals surface area (Å²) >= 11 is 0. The van der Waals surface area contributed by atoms with E-state index in [1.54, 1.807) is 0 Å². The lowest BCUT2D eigenvalue weighted by atomic mass is 10.0. The van der Waals surface area contributed by atoms with Crippen LogP contribution in [-0.2, 0) is 14.3 Å². The fraction of sp³-hybridized carbons (Fsp3) is 0.875. The number of hydrogen-bond donors (Lipinski definition) is 0. The van der Waals surface area contributed by atoms with Gasteiger partial charge in [0.25, 0.3) is 0 Å². The van der Waals surface area contributed by atoms with Gasteiger partial charge in [-0.1, -0.05) is 19.8 Å². The Labute approximate surface area is 127 Å². The summed E-state index contributed by atoms with van der Waals surface area (Å²) in [6.45, 7) is 4.50. The van der Waals surface area contributed by atoms with Crippen molar-refractivity contribution in [1.82, 2.24) is 9.80 Å². The van der Waals surface area contributed by atoms with Gasteiger partial charge in [0, 0.05) is 19.1 Å². The van der Waals surface area contributed by atoms with E-state index in [-0.39, 0.29) is 18.4 Å². The molecule has 1 heterocycles. The van der Waals surface area contributed by atoms with Crippen molar-refractivity contribution in [2.75, 3.05) is 33.3 Å². The number of carbonyl (C=O) groups is 2. The summed E-state index contributed by atoms with van der Waals surface area (Å²) in [5.74, 6) is 0.502. The second-order valence-corrected chi connectivity index (χ2v) is 6.51. The van der Waals surface area contributed by atoms with Crippen LogP contribution in [0.4, 0.5) is 0 Å². The molecular weight excluding hydrogens is 268 g/mol. The monoisotopic (exact) mass is 296 g/mol. The van der Waals surface area contributed by atoms with Gasteiger partial charge in [-0.3, -0.25) is 14.5 Å². The first kappa shape index (κ1) is 16.3. The van der Waals surface area contributed by atoms with E-state index >= 15 is 0 Å². The van der Waals surface area contributed by atoms with Crippen molar-refractivity contribution in [2.45, 2.75) is 51.5 Å². The summed E-state index contributed by atoms with van der Waals surface area (Å²) in [5.41, 5.74) is 0. The second kappa shape index (κ2) is 7.78. The predicted molar refractivity (Wildman–Crippen MR) is 80.8 cm³/mol. The molecule has 0 N–H and O–H groups in total. The molecule has 0 spiro atoms. The van der Waals surface area contributed by atoms with Crippen molar-refractivity contribution < 1.29 is 14.3 Å². The highest BCUT2D eigenvalue weighted by Gasteiger charge is 2.29. The Kier molecular flexibility index (Phi) is 6.03. The summed E-state index contributed by atoms with van der Waals surface area (Å²) in [6.07, 6.45) is 6.85. The molecule has 21 heavy (non-hydrogen) atoms. The van der Waals surface area contributed by atoms with Gasteiger partial charge in [0.2, 0.25) is 5.91 Å². The van der Waals surface area contributed by atoms with Crippen molar-refractivity contribution in [3.05, 3.63) is 0 Å². The topological polar surface area (TPSA) is 49.9 Å². The van der Waals surface area contributed by atoms with Crippen molar-refractivity contribution in [1.29, 1.82) is 0 Å². The first-order valence-corrected chi connectivity index (χ1v) is 8.18. The van der Waals surface area contributed by atoms with Crippen LogP contribution in [0.25, 0.3) is 0 Å². The maximum atomic E-state index is 12.5. The fourth-order valence-corrected chi connectivity index (χ4v) is 3.50. The molecule has 2 rings (SSSR count). The molecule has 120 valence electrons. The average Bonchev–Trinajstić information content (AvgIpc) is 3.00. The van der Waals surface area contributed by atoms with Gasteiger partial charge in [0.15, 0.2) is 0 Å². The number of esters is 1. The number of rotatable bonds is 5. The predicted octanol–water partition coefficient (Wildman–Crippen LogP) is 1.66. The van der Waals surface area contributed by atoms with Crippen LogP contribution in [0.3, 0.4) is 0 Å². The van der Waals surface area contributed by atoms with Gasteiger partial charge < -0.3 is 9.64 Å². The Morgan fingerprint density at radius 3 is 2.48 bits per heavy atom. The molecule has 5 heteroatoms. The number of methoxy groups -OCH3 is 1. The minimum Gasteiger partial charge on any atom is -0.468 e. The summed E-state index contributed by atoms with van der Waals surface area (Å²) < 4.78 is 4.78. The SMILES string of the molecule is COC(=O)CN(CC(=O)N1CCCC(C)C1)C1CCCC1. The minimum atomic E-state index is -0.248. The zero-order chi connectivity index (χ0) is 15.2. The third kappa shape index (κ3) is 4.70. The van der Waals surface area contributed by atoms with Crippen LogP contribution in [0, 0.1) is 5.92 Å². The molecule has 1 saturated carbocycles. The molecule has 1 aliphatic carbocycles. The van der Waals surface area contributed by atoms with Crippen LogP contribution >= 0.6 is 0 Å². The number of nitrogens with zero attached hydrogens (tertiary/aromatic N) is 2. The minimum absolute atomic E-state index is 0.164. The molecule has 1 aliphatic heterocycles. The normalized spacial score (nSPS) is 23.6. The number of hydrogen-bond acceptors (Lipinski definition) is 4. The van der Waals surface area contributed by atoms with Gasteiger partial charge >= 0.3 is 5.97 Å². The Balaban J connectivity index is 1.93. The van der Waals surface area contributed by atoms with Gasteiger partial charge in [-0.15, -0.1) is 0 Å². The molecule has 0 aromatic rings. The van der Waals surface area contributed by atoms with Gasteiger partial charge in [0.05, 0.1) is 20.2 Å². The van der Waals surface area contributed by atoms with Gasteiger partial charge in [-0.05, 0) is 31.6 Å². The Bertz CT molecular complexity index is 367. The summed E-state index contributed by atoms with van der Waals surface area (Å²) in [6, 6.07) is 0.357. The lowest BCUT2D eigenvalue weighted by molar-refractivity contribution is -0.144. The summed E-state index contributed by atoms with van der Waals surface area (Å²) in [7, 11) is 1.41. The van der Waals surface area contributed by atoms with E-state index in [2.05, 4.69) is 6.92 Å². The molecule has 1 amide bonds. The number of amides is 1. The van der Waals surface area contributed by atoms with E-state index in [0.717, 1.165) is 32.4 Å². The number of piperidine rings is 1. The molecule has 1 atom stereocenters. The van der Waals surface area contributed by atoms with Crippen LogP contribution in [0.2, 0.25) is 0 Å². The number of carbonyl (C=O) groups excluding carboxylic acids is 2. The molecule has 5 nitrogen and oxygen atoms in total. The highest BCUT2D eigenvalue weighted by atomic mass is 16.5. The van der Waals surface area contributed by atoms with Crippen molar-refractivity contribution in [3.8, 4) is 0 Å². The van der Waals surface area contributed by atoms with Gasteiger partial charge in [-0.25, -0.2) is 0 Å². The standard InChI is InChI=1S/C16H28N2O3/c1-13-6-5-9-17(10-13)15(19)11-18(12-16(20)21-2)14-7-3-4-8-14/h13-14H,3-12H2,1-2H3. The highest BCUT2D eigenvalue weighted by molar-refractivity contribution is 5.79. The van der Waals surface area contributed by atoms with Crippen LogP contribution in [0.5, 0.6) is 0 Å². The van der Waals surface area contributed by atoms with Crippen LogP contribution in [-0.4, -0.2) is 61.0 Å². The Hall–Kier alpha value is -1.10. The largest absolute Gasteiger partial charge is 0.468 e.